The Morgan fingerprint density at radius 3 is 2.62 bits per heavy atom. The van der Waals surface area contributed by atoms with Crippen LogP contribution < -0.4 is 9.47 Å². The molecule has 7 heteroatoms. The summed E-state index contributed by atoms with van der Waals surface area (Å²) in [6.07, 6.45) is 0. The molecule has 0 amide bonds. The number of esters is 1. The Morgan fingerprint density at radius 2 is 1.96 bits per heavy atom. The van der Waals surface area contributed by atoms with Crippen LogP contribution in [0.3, 0.4) is 0 Å². The Morgan fingerprint density at radius 1 is 1.23 bits per heavy atom. The standard InChI is InChI=1S/C19H20ClNO5/c1-10(2)21-11(3)5-14(12(21)4)16(22)8-24-19(23)13-6-15(20)18-17(7-13)25-9-26-18/h5-7,10H,8-9H2,1-4H3. The van der Waals surface area contributed by atoms with Crippen LogP contribution in [-0.4, -0.2) is 29.7 Å². The number of nitrogens with zero attached hydrogens (tertiary/aromatic N) is 1. The molecule has 0 unspecified atom stereocenters. The van der Waals surface area contributed by atoms with E-state index in [0.29, 0.717) is 17.1 Å². The summed E-state index contributed by atoms with van der Waals surface area (Å²) in [5.74, 6) is -0.0990. The third kappa shape index (κ3) is 3.29. The van der Waals surface area contributed by atoms with Crippen molar-refractivity contribution in [1.29, 1.82) is 0 Å². The van der Waals surface area contributed by atoms with Crippen LogP contribution in [0.15, 0.2) is 18.2 Å². The van der Waals surface area contributed by atoms with Crippen molar-refractivity contribution in [1.82, 2.24) is 4.57 Å². The average molecular weight is 378 g/mol. The lowest BCUT2D eigenvalue weighted by Crippen LogP contribution is -2.15. The number of fused-ring (bicyclic) bond motifs is 1. The Hall–Kier alpha value is -2.47. The van der Waals surface area contributed by atoms with Crippen molar-refractivity contribution in [2.45, 2.75) is 33.7 Å². The van der Waals surface area contributed by atoms with Crippen LogP contribution in [0.4, 0.5) is 0 Å². The van der Waals surface area contributed by atoms with Crippen LogP contribution in [0.25, 0.3) is 0 Å². The minimum atomic E-state index is -0.642. The molecule has 2 aromatic rings. The molecule has 6 nitrogen and oxygen atoms in total. The smallest absolute Gasteiger partial charge is 0.338 e. The van der Waals surface area contributed by atoms with E-state index in [-0.39, 0.29) is 35.8 Å². The quantitative estimate of drug-likeness (QED) is 0.579. The highest BCUT2D eigenvalue weighted by molar-refractivity contribution is 6.32. The van der Waals surface area contributed by atoms with Gasteiger partial charge in [0.25, 0.3) is 0 Å². The molecule has 138 valence electrons. The van der Waals surface area contributed by atoms with E-state index >= 15 is 0 Å². The van der Waals surface area contributed by atoms with Crippen molar-refractivity contribution < 1.29 is 23.8 Å². The van der Waals surface area contributed by atoms with Gasteiger partial charge in [-0.25, -0.2) is 4.79 Å². The molecule has 0 N–H and O–H groups in total. The number of carbonyl (C=O) groups is 2. The number of aromatic nitrogens is 1. The summed E-state index contributed by atoms with van der Waals surface area (Å²) < 4.78 is 17.7. The molecule has 26 heavy (non-hydrogen) atoms. The molecule has 0 radical (unpaired) electrons. The Balaban J connectivity index is 1.71. The maximum Gasteiger partial charge on any atom is 0.338 e. The van der Waals surface area contributed by atoms with E-state index in [2.05, 4.69) is 18.4 Å². The number of benzene rings is 1. The number of ketones is 1. The lowest BCUT2D eigenvalue weighted by atomic mass is 10.1. The van der Waals surface area contributed by atoms with E-state index in [1.54, 1.807) is 0 Å². The second-order valence-corrected chi connectivity index (χ2v) is 6.85. The van der Waals surface area contributed by atoms with Gasteiger partial charge >= 0.3 is 5.97 Å². The van der Waals surface area contributed by atoms with Crippen molar-refractivity contribution >= 4 is 23.4 Å². The molecule has 0 saturated heterocycles. The maximum atomic E-state index is 12.5. The first-order chi connectivity index (χ1) is 12.3. The molecule has 0 fully saturated rings. The Kier molecular flexibility index (Phi) is 4.96. The number of hydrogen-bond donors (Lipinski definition) is 0. The van der Waals surface area contributed by atoms with Crippen molar-refractivity contribution in [3.05, 3.63) is 45.7 Å². The molecule has 0 saturated carbocycles. The highest BCUT2D eigenvalue weighted by Crippen LogP contribution is 2.39. The zero-order chi connectivity index (χ0) is 19.0. The molecular formula is C19H20ClNO5. The predicted octanol–water partition coefficient (Wildman–Crippen LogP) is 4.11. The van der Waals surface area contributed by atoms with Crippen LogP contribution in [0, 0.1) is 13.8 Å². The summed E-state index contributed by atoms with van der Waals surface area (Å²) in [6, 6.07) is 5.00. The van der Waals surface area contributed by atoms with E-state index in [1.165, 1.54) is 12.1 Å². The molecule has 1 aromatic carbocycles. The van der Waals surface area contributed by atoms with Gasteiger partial charge in [0.1, 0.15) is 0 Å². The molecule has 1 aliphatic heterocycles. The maximum absolute atomic E-state index is 12.5. The average Bonchev–Trinajstić information content (AvgIpc) is 3.16. The summed E-state index contributed by atoms with van der Waals surface area (Å²) in [5, 5.41) is 0.263. The van der Waals surface area contributed by atoms with E-state index in [0.717, 1.165) is 11.4 Å². The molecule has 0 spiro atoms. The number of aryl methyl sites for hydroxylation is 1. The molecule has 0 aliphatic carbocycles. The molecule has 0 bridgehead atoms. The number of rotatable bonds is 5. The minimum absolute atomic E-state index is 0.0531. The Bertz CT molecular complexity index is 885. The summed E-state index contributed by atoms with van der Waals surface area (Å²) >= 11 is 6.07. The SMILES string of the molecule is Cc1cc(C(=O)COC(=O)c2cc(Cl)c3c(c2)OCO3)c(C)n1C(C)C. The van der Waals surface area contributed by atoms with Crippen LogP contribution in [0.2, 0.25) is 5.02 Å². The van der Waals surface area contributed by atoms with Gasteiger partial charge in [0.15, 0.2) is 18.1 Å². The predicted molar refractivity (Wildman–Crippen MR) is 96.5 cm³/mol. The van der Waals surface area contributed by atoms with Gasteiger partial charge in [-0.2, -0.15) is 0 Å². The molecule has 1 aliphatic rings. The first-order valence-corrected chi connectivity index (χ1v) is 8.65. The van der Waals surface area contributed by atoms with Crippen LogP contribution >= 0.6 is 11.6 Å². The largest absolute Gasteiger partial charge is 0.454 e. The number of halogens is 1. The lowest BCUT2D eigenvalue weighted by molar-refractivity contribution is 0.0474. The van der Waals surface area contributed by atoms with Gasteiger partial charge in [0.2, 0.25) is 12.6 Å². The first kappa shape index (κ1) is 18.3. The summed E-state index contributed by atoms with van der Waals surface area (Å²) in [6.45, 7) is 7.66. The fourth-order valence-corrected chi connectivity index (χ4v) is 3.50. The van der Waals surface area contributed by atoms with Crippen LogP contribution in [-0.2, 0) is 4.74 Å². The summed E-state index contributed by atoms with van der Waals surface area (Å²) in [7, 11) is 0. The van der Waals surface area contributed by atoms with Gasteiger partial charge in [-0.1, -0.05) is 11.6 Å². The number of ether oxygens (including phenoxy) is 3. The fraction of sp³-hybridized carbons (Fsp3) is 0.368. The zero-order valence-electron chi connectivity index (χ0n) is 15.1. The minimum Gasteiger partial charge on any atom is -0.454 e. The van der Waals surface area contributed by atoms with E-state index in [1.807, 2.05) is 19.9 Å². The number of carbonyl (C=O) groups excluding carboxylic acids is 2. The Labute approximate surface area is 156 Å². The monoisotopic (exact) mass is 377 g/mol. The van der Waals surface area contributed by atoms with Gasteiger partial charge in [0.05, 0.1) is 10.6 Å². The zero-order valence-corrected chi connectivity index (χ0v) is 15.8. The van der Waals surface area contributed by atoms with Crippen molar-refractivity contribution in [2.75, 3.05) is 13.4 Å². The van der Waals surface area contributed by atoms with Crippen molar-refractivity contribution in [3.8, 4) is 11.5 Å². The lowest BCUT2D eigenvalue weighted by Gasteiger charge is -2.13. The third-order valence-electron chi connectivity index (χ3n) is 4.30. The highest BCUT2D eigenvalue weighted by atomic mass is 35.5. The van der Waals surface area contributed by atoms with Gasteiger partial charge in [-0.05, 0) is 45.9 Å². The molecule has 2 heterocycles. The van der Waals surface area contributed by atoms with Gasteiger partial charge < -0.3 is 18.8 Å². The third-order valence-corrected chi connectivity index (χ3v) is 4.58. The van der Waals surface area contributed by atoms with E-state index in [4.69, 9.17) is 25.8 Å². The van der Waals surface area contributed by atoms with Gasteiger partial charge in [0, 0.05) is 23.0 Å². The molecule has 0 atom stereocenters. The summed E-state index contributed by atoms with van der Waals surface area (Å²) in [4.78, 5) is 24.7. The first-order valence-electron chi connectivity index (χ1n) is 8.27. The van der Waals surface area contributed by atoms with Crippen molar-refractivity contribution in [2.24, 2.45) is 0 Å². The normalized spacial score (nSPS) is 12.5. The molecule has 3 rings (SSSR count). The van der Waals surface area contributed by atoms with E-state index in [9.17, 15) is 9.59 Å². The van der Waals surface area contributed by atoms with Gasteiger partial charge in [-0.15, -0.1) is 0 Å². The van der Waals surface area contributed by atoms with Crippen molar-refractivity contribution in [3.63, 3.8) is 0 Å². The topological polar surface area (TPSA) is 66.8 Å². The summed E-state index contributed by atoms with van der Waals surface area (Å²) in [5.41, 5.74) is 2.63. The van der Waals surface area contributed by atoms with Crippen LogP contribution in [0.5, 0.6) is 11.5 Å². The number of Topliss-reactive ketones (excluding diaryl/α,β-unsaturated/α-hetero) is 1. The molecular weight excluding hydrogens is 358 g/mol. The highest BCUT2D eigenvalue weighted by Gasteiger charge is 2.23. The van der Waals surface area contributed by atoms with Crippen LogP contribution in [0.1, 0.15) is 52.0 Å². The fourth-order valence-electron chi connectivity index (χ4n) is 3.23. The molecule has 1 aromatic heterocycles. The van der Waals surface area contributed by atoms with E-state index < -0.39 is 5.97 Å². The second kappa shape index (κ2) is 7.03. The number of hydrogen-bond acceptors (Lipinski definition) is 5. The second-order valence-electron chi connectivity index (χ2n) is 6.44. The van der Waals surface area contributed by atoms with Gasteiger partial charge in [-0.3, -0.25) is 4.79 Å².